The molecule has 0 saturated heterocycles. The third kappa shape index (κ3) is 1.47. The van der Waals surface area contributed by atoms with Crippen LogP contribution in [0.25, 0.3) is 0 Å². The first kappa shape index (κ1) is 8.77. The molecule has 0 amide bonds. The summed E-state index contributed by atoms with van der Waals surface area (Å²) in [6, 6.07) is 1.58. The summed E-state index contributed by atoms with van der Waals surface area (Å²) in [5.74, 6) is -4.03. The Kier molecular flexibility index (Phi) is 2.17. The van der Waals surface area contributed by atoms with Gasteiger partial charge in [0.15, 0.2) is 17.5 Å². The first-order chi connectivity index (χ1) is 5.52. The molecule has 1 N–H and O–H groups in total. The minimum atomic E-state index is -1.50. The Morgan fingerprint density at radius 1 is 1.17 bits per heavy atom. The average molecular weight is 173 g/mol. The molecular formula is C8H6F3N. The van der Waals surface area contributed by atoms with Crippen LogP contribution in [0.15, 0.2) is 12.1 Å². The van der Waals surface area contributed by atoms with Crippen LogP contribution in [-0.2, 0) is 0 Å². The van der Waals surface area contributed by atoms with Gasteiger partial charge in [0, 0.05) is 11.3 Å². The summed E-state index contributed by atoms with van der Waals surface area (Å²) in [7, 11) is 0. The zero-order valence-electron chi connectivity index (χ0n) is 6.29. The molecule has 0 heterocycles. The van der Waals surface area contributed by atoms with E-state index in [4.69, 9.17) is 5.41 Å². The van der Waals surface area contributed by atoms with E-state index in [0.717, 1.165) is 12.1 Å². The van der Waals surface area contributed by atoms with Gasteiger partial charge in [0.2, 0.25) is 0 Å². The Balaban J connectivity index is 3.31. The summed E-state index contributed by atoms with van der Waals surface area (Å²) in [6.07, 6.45) is 0. The molecule has 0 aliphatic rings. The third-order valence-corrected chi connectivity index (χ3v) is 1.42. The van der Waals surface area contributed by atoms with Crippen LogP contribution in [0.2, 0.25) is 0 Å². The molecule has 0 atom stereocenters. The standard InChI is InChI=1S/C8H6F3N/c1-4(12)5-2-6(9)8(11)7(10)3-5/h2-3,12H,1H3. The molecule has 0 unspecified atom stereocenters. The van der Waals surface area contributed by atoms with E-state index in [9.17, 15) is 13.2 Å². The van der Waals surface area contributed by atoms with Crippen molar-refractivity contribution in [3.8, 4) is 0 Å². The molecule has 0 fully saturated rings. The fraction of sp³-hybridized carbons (Fsp3) is 0.125. The van der Waals surface area contributed by atoms with Crippen LogP contribution in [-0.4, -0.2) is 5.71 Å². The molecule has 0 aromatic heterocycles. The van der Waals surface area contributed by atoms with Crippen molar-refractivity contribution in [1.29, 1.82) is 5.41 Å². The molecule has 1 aromatic rings. The lowest BCUT2D eigenvalue weighted by molar-refractivity contribution is 0.447. The molecule has 0 bridgehead atoms. The lowest BCUT2D eigenvalue weighted by atomic mass is 10.1. The molecular weight excluding hydrogens is 167 g/mol. The van der Waals surface area contributed by atoms with Gasteiger partial charge in [0.1, 0.15) is 0 Å². The molecule has 64 valence electrons. The summed E-state index contributed by atoms with van der Waals surface area (Å²) >= 11 is 0. The fourth-order valence-corrected chi connectivity index (χ4v) is 0.772. The summed E-state index contributed by atoms with van der Waals surface area (Å²) in [6.45, 7) is 1.37. The Bertz CT molecular complexity index is 310. The summed E-state index contributed by atoms with van der Waals surface area (Å²) in [4.78, 5) is 0. The Morgan fingerprint density at radius 3 is 1.92 bits per heavy atom. The fourth-order valence-electron chi connectivity index (χ4n) is 0.772. The summed E-state index contributed by atoms with van der Waals surface area (Å²) in [5, 5.41) is 7.04. The largest absolute Gasteiger partial charge is 0.305 e. The molecule has 4 heteroatoms. The van der Waals surface area contributed by atoms with E-state index in [1.165, 1.54) is 6.92 Å². The van der Waals surface area contributed by atoms with E-state index in [-0.39, 0.29) is 11.3 Å². The van der Waals surface area contributed by atoms with E-state index in [1.54, 1.807) is 0 Å². The van der Waals surface area contributed by atoms with Crippen molar-refractivity contribution in [2.45, 2.75) is 6.92 Å². The van der Waals surface area contributed by atoms with Crippen LogP contribution in [0, 0.1) is 22.9 Å². The normalized spacial score (nSPS) is 10.0. The molecule has 0 radical (unpaired) electrons. The number of rotatable bonds is 1. The average Bonchev–Trinajstić information content (AvgIpc) is 1.99. The maximum atomic E-state index is 12.5. The maximum absolute atomic E-state index is 12.5. The van der Waals surface area contributed by atoms with Gasteiger partial charge in [-0.25, -0.2) is 13.2 Å². The predicted molar refractivity (Wildman–Crippen MR) is 38.8 cm³/mol. The number of nitrogens with one attached hydrogen (secondary N) is 1. The second kappa shape index (κ2) is 2.97. The first-order valence-electron chi connectivity index (χ1n) is 3.22. The van der Waals surface area contributed by atoms with Crippen LogP contribution < -0.4 is 0 Å². The van der Waals surface area contributed by atoms with Crippen molar-refractivity contribution in [1.82, 2.24) is 0 Å². The zero-order valence-corrected chi connectivity index (χ0v) is 6.29. The smallest absolute Gasteiger partial charge is 0.194 e. The molecule has 1 aromatic carbocycles. The topological polar surface area (TPSA) is 23.9 Å². The second-order valence-electron chi connectivity index (χ2n) is 2.38. The van der Waals surface area contributed by atoms with Crippen LogP contribution in [0.4, 0.5) is 13.2 Å². The Morgan fingerprint density at radius 2 is 1.58 bits per heavy atom. The molecule has 12 heavy (non-hydrogen) atoms. The minimum Gasteiger partial charge on any atom is -0.305 e. The van der Waals surface area contributed by atoms with Crippen molar-refractivity contribution in [3.05, 3.63) is 35.1 Å². The number of hydrogen-bond acceptors (Lipinski definition) is 1. The van der Waals surface area contributed by atoms with E-state index in [0.29, 0.717) is 0 Å². The molecule has 0 saturated carbocycles. The highest BCUT2D eigenvalue weighted by Gasteiger charge is 2.10. The Labute approximate surface area is 67.3 Å². The van der Waals surface area contributed by atoms with Crippen LogP contribution in [0.3, 0.4) is 0 Å². The number of benzene rings is 1. The highest BCUT2D eigenvalue weighted by Crippen LogP contribution is 2.13. The van der Waals surface area contributed by atoms with Gasteiger partial charge >= 0.3 is 0 Å². The van der Waals surface area contributed by atoms with Crippen LogP contribution in [0.1, 0.15) is 12.5 Å². The highest BCUT2D eigenvalue weighted by atomic mass is 19.2. The van der Waals surface area contributed by atoms with Crippen LogP contribution >= 0.6 is 0 Å². The summed E-state index contributed by atoms with van der Waals surface area (Å²) < 4.78 is 37.3. The van der Waals surface area contributed by atoms with E-state index < -0.39 is 17.5 Å². The predicted octanol–water partition coefficient (Wildman–Crippen LogP) is 2.49. The van der Waals surface area contributed by atoms with Crippen LogP contribution in [0.5, 0.6) is 0 Å². The highest BCUT2D eigenvalue weighted by molar-refractivity contribution is 5.96. The van der Waals surface area contributed by atoms with Gasteiger partial charge in [-0.2, -0.15) is 0 Å². The molecule has 1 rings (SSSR count). The van der Waals surface area contributed by atoms with E-state index >= 15 is 0 Å². The van der Waals surface area contributed by atoms with Gasteiger partial charge in [-0.05, 0) is 19.1 Å². The van der Waals surface area contributed by atoms with Crippen molar-refractivity contribution >= 4 is 5.71 Å². The molecule has 0 aliphatic carbocycles. The SMILES string of the molecule is CC(=N)c1cc(F)c(F)c(F)c1. The zero-order chi connectivity index (χ0) is 9.30. The first-order valence-corrected chi connectivity index (χ1v) is 3.22. The number of halogens is 3. The number of hydrogen-bond donors (Lipinski definition) is 1. The van der Waals surface area contributed by atoms with Gasteiger partial charge in [-0.15, -0.1) is 0 Å². The van der Waals surface area contributed by atoms with Gasteiger partial charge in [-0.1, -0.05) is 0 Å². The van der Waals surface area contributed by atoms with Crippen molar-refractivity contribution in [3.63, 3.8) is 0 Å². The maximum Gasteiger partial charge on any atom is 0.194 e. The van der Waals surface area contributed by atoms with Crippen molar-refractivity contribution in [2.24, 2.45) is 0 Å². The van der Waals surface area contributed by atoms with Gasteiger partial charge in [0.05, 0.1) is 0 Å². The molecule has 0 aliphatic heterocycles. The lowest BCUT2D eigenvalue weighted by Crippen LogP contribution is -1.98. The monoisotopic (exact) mass is 173 g/mol. The second-order valence-corrected chi connectivity index (χ2v) is 2.38. The van der Waals surface area contributed by atoms with Gasteiger partial charge < -0.3 is 5.41 Å². The third-order valence-electron chi connectivity index (χ3n) is 1.42. The van der Waals surface area contributed by atoms with Crippen molar-refractivity contribution < 1.29 is 13.2 Å². The summed E-state index contributed by atoms with van der Waals surface area (Å²) in [5.41, 5.74) is 0.0409. The Hall–Kier alpha value is -1.32. The molecule has 0 spiro atoms. The van der Waals surface area contributed by atoms with Gasteiger partial charge in [-0.3, -0.25) is 0 Å². The van der Waals surface area contributed by atoms with Gasteiger partial charge in [0.25, 0.3) is 0 Å². The van der Waals surface area contributed by atoms with Crippen molar-refractivity contribution in [2.75, 3.05) is 0 Å². The lowest BCUT2D eigenvalue weighted by Gasteiger charge is -1.99. The minimum absolute atomic E-state index is 0.00667. The van der Waals surface area contributed by atoms with E-state index in [1.807, 2.05) is 0 Å². The molecule has 1 nitrogen and oxygen atoms in total. The van der Waals surface area contributed by atoms with E-state index in [2.05, 4.69) is 0 Å². The quantitative estimate of drug-likeness (QED) is 0.498.